The molecule has 1 saturated carbocycles. The van der Waals surface area contributed by atoms with E-state index >= 15 is 0 Å². The van der Waals surface area contributed by atoms with Crippen molar-refractivity contribution in [2.45, 2.75) is 31.1 Å². The molecule has 2 bridgehead atoms. The number of carbonyl (C=O) groups excluding carboxylic acids is 1. The molecule has 4 heteroatoms. The highest BCUT2D eigenvalue weighted by atomic mass is 19.1. The van der Waals surface area contributed by atoms with E-state index < -0.39 is 6.17 Å². The molecule has 0 spiro atoms. The van der Waals surface area contributed by atoms with E-state index in [2.05, 4.69) is 5.32 Å². The predicted molar refractivity (Wildman–Crippen MR) is 44.9 cm³/mol. The summed E-state index contributed by atoms with van der Waals surface area (Å²) in [5.41, 5.74) is 0. The highest BCUT2D eigenvalue weighted by molar-refractivity contribution is 5.82. The molecular formula is C9H13FN2O. The summed E-state index contributed by atoms with van der Waals surface area (Å²) in [6, 6.07) is 0.971. The molecule has 72 valence electrons. The number of halogens is 1. The Morgan fingerprint density at radius 1 is 1.31 bits per heavy atom. The minimum absolute atomic E-state index is 0.0451. The number of hydrogen-bond donors (Lipinski definition) is 1. The summed E-state index contributed by atoms with van der Waals surface area (Å²) in [5, 5.41) is 3.35. The number of nitrogens with one attached hydrogen (secondary N) is 1. The topological polar surface area (TPSA) is 32.3 Å². The molecule has 1 aliphatic carbocycles. The quantitative estimate of drug-likeness (QED) is 0.618. The number of fused-ring (bicyclic) bond motifs is 2. The lowest BCUT2D eigenvalue weighted by Gasteiger charge is -2.48. The predicted octanol–water partition coefficient (Wildman–Crippen LogP) is -0.0829. The maximum absolute atomic E-state index is 12.6. The fourth-order valence-electron chi connectivity index (χ4n) is 2.35. The van der Waals surface area contributed by atoms with E-state index in [4.69, 9.17) is 0 Å². The van der Waals surface area contributed by atoms with E-state index in [0.29, 0.717) is 18.5 Å². The largest absolute Gasteiger partial charge is 0.339 e. The maximum atomic E-state index is 12.6. The Kier molecular flexibility index (Phi) is 1.45. The molecule has 0 aromatic carbocycles. The molecule has 0 aromatic rings. The van der Waals surface area contributed by atoms with Gasteiger partial charge >= 0.3 is 0 Å². The van der Waals surface area contributed by atoms with Crippen molar-refractivity contribution in [3.8, 4) is 0 Å². The van der Waals surface area contributed by atoms with E-state index in [-0.39, 0.29) is 11.8 Å². The van der Waals surface area contributed by atoms with Gasteiger partial charge in [0, 0.05) is 25.2 Å². The molecule has 3 heterocycles. The molecular weight excluding hydrogens is 171 g/mol. The average molecular weight is 184 g/mol. The number of piperazine rings is 1. The molecule has 1 N–H and O–H groups in total. The van der Waals surface area contributed by atoms with Crippen LogP contribution in [0, 0.1) is 5.92 Å². The van der Waals surface area contributed by atoms with Gasteiger partial charge in [-0.2, -0.15) is 0 Å². The Hall–Kier alpha value is -0.640. The van der Waals surface area contributed by atoms with Crippen molar-refractivity contribution in [3.05, 3.63) is 0 Å². The van der Waals surface area contributed by atoms with Gasteiger partial charge in [0.05, 0.1) is 5.92 Å². The highest BCUT2D eigenvalue weighted by Gasteiger charge is 2.48. The van der Waals surface area contributed by atoms with Crippen LogP contribution in [0.1, 0.15) is 12.8 Å². The van der Waals surface area contributed by atoms with Crippen LogP contribution in [0.3, 0.4) is 0 Å². The van der Waals surface area contributed by atoms with Crippen molar-refractivity contribution in [1.29, 1.82) is 0 Å². The van der Waals surface area contributed by atoms with Crippen LogP contribution < -0.4 is 5.32 Å². The zero-order valence-electron chi connectivity index (χ0n) is 7.37. The van der Waals surface area contributed by atoms with E-state index in [9.17, 15) is 9.18 Å². The second-order valence-corrected chi connectivity index (χ2v) is 4.40. The molecule has 1 amide bonds. The van der Waals surface area contributed by atoms with E-state index in [1.54, 1.807) is 0 Å². The molecule has 3 aliphatic heterocycles. The van der Waals surface area contributed by atoms with Crippen molar-refractivity contribution in [3.63, 3.8) is 0 Å². The van der Waals surface area contributed by atoms with Crippen molar-refractivity contribution >= 4 is 5.91 Å². The van der Waals surface area contributed by atoms with Crippen molar-refractivity contribution in [2.75, 3.05) is 13.1 Å². The second-order valence-electron chi connectivity index (χ2n) is 4.40. The smallest absolute Gasteiger partial charge is 0.228 e. The summed E-state index contributed by atoms with van der Waals surface area (Å²) in [5.74, 6) is -0.249. The van der Waals surface area contributed by atoms with Crippen LogP contribution in [-0.2, 0) is 4.79 Å². The van der Waals surface area contributed by atoms with Crippen LogP contribution in [0.15, 0.2) is 0 Å². The van der Waals surface area contributed by atoms with Crippen LogP contribution in [0.25, 0.3) is 0 Å². The minimum atomic E-state index is -0.848. The monoisotopic (exact) mass is 184 g/mol. The Labute approximate surface area is 76.3 Å². The Morgan fingerprint density at radius 3 is 2.31 bits per heavy atom. The van der Waals surface area contributed by atoms with Crippen molar-refractivity contribution < 1.29 is 9.18 Å². The van der Waals surface area contributed by atoms with Crippen molar-refractivity contribution in [1.82, 2.24) is 10.2 Å². The third-order valence-corrected chi connectivity index (χ3v) is 3.26. The van der Waals surface area contributed by atoms with Gasteiger partial charge in [-0.1, -0.05) is 0 Å². The summed E-state index contributed by atoms with van der Waals surface area (Å²) in [7, 11) is 0. The first-order chi connectivity index (χ1) is 6.24. The molecule has 4 atom stereocenters. The standard InChI is InChI=1S/C9H13FN2O/c10-8-2-7(8)9(13)12-3-5-1-6(4-12)11-5/h5-8,11H,1-4H2/t5-,6-,7?,8?/m1/s1. The molecule has 4 fully saturated rings. The van der Waals surface area contributed by atoms with Gasteiger partial charge in [-0.3, -0.25) is 4.79 Å². The zero-order chi connectivity index (χ0) is 9.00. The first kappa shape index (κ1) is 7.74. The number of carbonyl (C=O) groups is 1. The molecule has 4 aliphatic rings. The summed E-state index contributed by atoms with van der Waals surface area (Å²) in [6.45, 7) is 1.58. The van der Waals surface area contributed by atoms with Crippen LogP contribution in [0.2, 0.25) is 0 Å². The zero-order valence-corrected chi connectivity index (χ0v) is 7.37. The van der Waals surface area contributed by atoms with Gasteiger partial charge in [0.2, 0.25) is 5.91 Å². The Balaban J connectivity index is 1.63. The summed E-state index contributed by atoms with van der Waals surface area (Å²) in [4.78, 5) is 13.4. The van der Waals surface area contributed by atoms with Gasteiger partial charge in [0.1, 0.15) is 6.17 Å². The Morgan fingerprint density at radius 2 is 1.85 bits per heavy atom. The first-order valence-electron chi connectivity index (χ1n) is 4.93. The lowest BCUT2D eigenvalue weighted by atomic mass is 9.91. The average Bonchev–Trinajstić information content (AvgIpc) is 2.80. The van der Waals surface area contributed by atoms with Gasteiger partial charge in [-0.15, -0.1) is 0 Å². The number of nitrogens with zero attached hydrogens (tertiary/aromatic N) is 1. The SMILES string of the molecule is O=C(C1CC1F)N1C[C@H]2C[C@H](C1)N2. The number of alkyl halides is 1. The lowest BCUT2D eigenvalue weighted by molar-refractivity contribution is -0.137. The fraction of sp³-hybridized carbons (Fsp3) is 0.889. The number of amides is 1. The van der Waals surface area contributed by atoms with Gasteiger partial charge < -0.3 is 10.2 Å². The second kappa shape index (κ2) is 2.44. The fourth-order valence-corrected chi connectivity index (χ4v) is 2.35. The number of rotatable bonds is 1. The van der Waals surface area contributed by atoms with Crippen LogP contribution in [0.4, 0.5) is 4.39 Å². The molecule has 0 aromatic heterocycles. The van der Waals surface area contributed by atoms with E-state index in [1.165, 1.54) is 6.42 Å². The van der Waals surface area contributed by atoms with Gasteiger partial charge in [-0.25, -0.2) is 4.39 Å². The van der Waals surface area contributed by atoms with Crippen LogP contribution in [-0.4, -0.2) is 42.2 Å². The van der Waals surface area contributed by atoms with Gasteiger partial charge in [0.25, 0.3) is 0 Å². The number of piperidine rings is 1. The lowest BCUT2D eigenvalue weighted by Crippen LogP contribution is -2.67. The van der Waals surface area contributed by atoms with Gasteiger partial charge in [0.15, 0.2) is 0 Å². The van der Waals surface area contributed by atoms with Crippen molar-refractivity contribution in [2.24, 2.45) is 5.92 Å². The molecule has 2 unspecified atom stereocenters. The molecule has 3 nitrogen and oxygen atoms in total. The maximum Gasteiger partial charge on any atom is 0.228 e. The van der Waals surface area contributed by atoms with Crippen LogP contribution >= 0.6 is 0 Å². The van der Waals surface area contributed by atoms with E-state index in [1.807, 2.05) is 4.90 Å². The molecule has 3 saturated heterocycles. The summed E-state index contributed by atoms with van der Waals surface area (Å²) < 4.78 is 12.6. The summed E-state index contributed by atoms with van der Waals surface area (Å²) in [6.07, 6.45) is 0.796. The van der Waals surface area contributed by atoms with Crippen LogP contribution in [0.5, 0.6) is 0 Å². The molecule has 0 radical (unpaired) electrons. The highest BCUT2D eigenvalue weighted by Crippen LogP contribution is 2.36. The first-order valence-corrected chi connectivity index (χ1v) is 4.93. The molecule has 13 heavy (non-hydrogen) atoms. The summed E-state index contributed by atoms with van der Waals surface area (Å²) >= 11 is 0. The third-order valence-electron chi connectivity index (χ3n) is 3.26. The number of hydrogen-bond acceptors (Lipinski definition) is 2. The van der Waals surface area contributed by atoms with E-state index in [0.717, 1.165) is 13.1 Å². The third kappa shape index (κ3) is 1.15. The minimum Gasteiger partial charge on any atom is -0.339 e. The Bertz CT molecular complexity index is 242. The normalized spacial score (nSPS) is 47.0. The van der Waals surface area contributed by atoms with Gasteiger partial charge in [-0.05, 0) is 12.8 Å². The molecule has 4 rings (SSSR count).